The molecule has 0 aromatic carbocycles. The van der Waals surface area contributed by atoms with Gasteiger partial charge in [0.25, 0.3) is 0 Å². The summed E-state index contributed by atoms with van der Waals surface area (Å²) in [4.78, 5) is 10.6. The number of fused-ring (bicyclic) bond motifs is 1. The lowest BCUT2D eigenvalue weighted by Crippen LogP contribution is -2.91. The lowest BCUT2D eigenvalue weighted by atomic mass is 9.42. The number of hydrogen-bond donors (Lipinski definition) is 4. The van der Waals surface area contributed by atoms with E-state index in [2.05, 4.69) is 4.74 Å². The highest BCUT2D eigenvalue weighted by molar-refractivity contribution is 5.66. The van der Waals surface area contributed by atoms with Gasteiger partial charge in [0, 0.05) is 19.8 Å². The van der Waals surface area contributed by atoms with E-state index in [0.717, 1.165) is 0 Å². The van der Waals surface area contributed by atoms with Crippen molar-refractivity contribution in [3.63, 3.8) is 0 Å². The molecule has 0 radical (unpaired) electrons. The number of rotatable bonds is 2. The summed E-state index contributed by atoms with van der Waals surface area (Å²) in [6.45, 7) is 0.821. The second kappa shape index (κ2) is 2.70. The van der Waals surface area contributed by atoms with Gasteiger partial charge in [-0.1, -0.05) is 0 Å². The first kappa shape index (κ1) is 10.8. The SMILES string of the molecule is CC(=O)OC[C@@]1(O)C[C@@]2(O)C(O)C[C@@]12O. The van der Waals surface area contributed by atoms with Crippen molar-refractivity contribution >= 4 is 5.97 Å². The van der Waals surface area contributed by atoms with E-state index in [9.17, 15) is 25.2 Å². The van der Waals surface area contributed by atoms with Crippen LogP contribution < -0.4 is 0 Å². The second-order valence-corrected chi connectivity index (χ2v) is 4.49. The van der Waals surface area contributed by atoms with Gasteiger partial charge >= 0.3 is 5.97 Å². The first-order chi connectivity index (χ1) is 6.75. The van der Waals surface area contributed by atoms with Gasteiger partial charge in [0.2, 0.25) is 0 Å². The third-order valence-corrected chi connectivity index (χ3v) is 3.60. The predicted octanol–water partition coefficient (Wildman–Crippen LogP) is -2.09. The lowest BCUT2D eigenvalue weighted by Gasteiger charge is -2.71. The Balaban J connectivity index is 2.06. The maximum atomic E-state index is 10.6. The molecule has 2 aliphatic rings. The van der Waals surface area contributed by atoms with E-state index in [1.54, 1.807) is 0 Å². The predicted molar refractivity (Wildman–Crippen MR) is 46.7 cm³/mol. The number of carbonyl (C=O) groups is 1. The fourth-order valence-electron chi connectivity index (χ4n) is 2.50. The minimum absolute atomic E-state index is 0.110. The molecule has 0 heterocycles. The molecule has 2 rings (SSSR count). The molecule has 0 aromatic heterocycles. The van der Waals surface area contributed by atoms with Gasteiger partial charge in [-0.15, -0.1) is 0 Å². The molecule has 4 N–H and O–H groups in total. The molecule has 0 aromatic rings. The Morgan fingerprint density at radius 3 is 2.40 bits per heavy atom. The van der Waals surface area contributed by atoms with Crippen LogP contribution >= 0.6 is 0 Å². The summed E-state index contributed by atoms with van der Waals surface area (Å²) < 4.78 is 4.61. The van der Waals surface area contributed by atoms with Gasteiger partial charge in [-0.05, 0) is 0 Å². The van der Waals surface area contributed by atoms with Crippen LogP contribution in [0.3, 0.4) is 0 Å². The van der Waals surface area contributed by atoms with E-state index >= 15 is 0 Å². The van der Waals surface area contributed by atoms with Gasteiger partial charge in [0.05, 0.1) is 6.10 Å². The first-order valence-electron chi connectivity index (χ1n) is 4.74. The summed E-state index contributed by atoms with van der Waals surface area (Å²) in [5.74, 6) is -0.567. The first-order valence-corrected chi connectivity index (χ1v) is 4.74. The summed E-state index contributed by atoms with van der Waals surface area (Å²) in [6, 6.07) is 0. The Labute approximate surface area is 86.1 Å². The van der Waals surface area contributed by atoms with Crippen LogP contribution in [0.15, 0.2) is 0 Å². The van der Waals surface area contributed by atoms with Gasteiger partial charge in [0.1, 0.15) is 23.4 Å². The van der Waals surface area contributed by atoms with Crippen LogP contribution in [0, 0.1) is 0 Å². The van der Waals surface area contributed by atoms with Gasteiger partial charge in [-0.2, -0.15) is 0 Å². The van der Waals surface area contributed by atoms with Gasteiger partial charge < -0.3 is 25.2 Å². The van der Waals surface area contributed by atoms with E-state index in [0.29, 0.717) is 0 Å². The van der Waals surface area contributed by atoms with Crippen molar-refractivity contribution in [2.45, 2.75) is 42.7 Å². The molecule has 0 spiro atoms. The normalized spacial score (nSPS) is 52.5. The van der Waals surface area contributed by atoms with Crippen molar-refractivity contribution in [3.8, 4) is 0 Å². The lowest BCUT2D eigenvalue weighted by molar-refractivity contribution is -0.423. The minimum Gasteiger partial charge on any atom is -0.463 e. The molecule has 6 nitrogen and oxygen atoms in total. The Kier molecular flexibility index (Phi) is 1.95. The van der Waals surface area contributed by atoms with E-state index in [1.165, 1.54) is 6.92 Å². The summed E-state index contributed by atoms with van der Waals surface area (Å²) in [7, 11) is 0. The highest BCUT2D eigenvalue weighted by Crippen LogP contribution is 2.62. The monoisotopic (exact) mass is 218 g/mol. The molecule has 1 unspecified atom stereocenters. The molecule has 0 aliphatic heterocycles. The summed E-state index contributed by atoms with van der Waals surface area (Å²) in [5.41, 5.74) is -5.05. The number of esters is 1. The Morgan fingerprint density at radius 2 is 2.07 bits per heavy atom. The second-order valence-electron chi connectivity index (χ2n) is 4.49. The van der Waals surface area contributed by atoms with Crippen molar-refractivity contribution in [1.29, 1.82) is 0 Å². The highest BCUT2D eigenvalue weighted by Gasteiger charge is 2.83. The van der Waals surface area contributed by atoms with Gasteiger partial charge in [0.15, 0.2) is 0 Å². The summed E-state index contributed by atoms with van der Waals surface area (Å²) in [5, 5.41) is 38.7. The van der Waals surface area contributed by atoms with Crippen LogP contribution in [0.25, 0.3) is 0 Å². The molecular formula is C9H14O6. The zero-order chi connectivity index (χ0) is 11.5. The van der Waals surface area contributed by atoms with Crippen LogP contribution in [0.1, 0.15) is 19.8 Å². The van der Waals surface area contributed by atoms with Crippen molar-refractivity contribution < 1.29 is 30.0 Å². The molecule has 0 bridgehead atoms. The summed E-state index contributed by atoms with van der Waals surface area (Å²) in [6.07, 6.45) is -1.33. The molecule has 0 amide bonds. The van der Waals surface area contributed by atoms with Crippen LogP contribution in [0.5, 0.6) is 0 Å². The molecule has 2 saturated carbocycles. The largest absolute Gasteiger partial charge is 0.463 e. The van der Waals surface area contributed by atoms with Crippen LogP contribution in [0.4, 0.5) is 0 Å². The zero-order valence-electron chi connectivity index (χ0n) is 8.30. The third-order valence-electron chi connectivity index (χ3n) is 3.60. The van der Waals surface area contributed by atoms with Crippen molar-refractivity contribution in [1.82, 2.24) is 0 Å². The van der Waals surface area contributed by atoms with E-state index in [1.807, 2.05) is 0 Å². The molecular weight excluding hydrogens is 204 g/mol. The molecule has 6 heteroatoms. The maximum absolute atomic E-state index is 10.6. The molecule has 2 fully saturated rings. The van der Waals surface area contributed by atoms with Crippen LogP contribution in [0.2, 0.25) is 0 Å². The number of ether oxygens (including phenoxy) is 1. The van der Waals surface area contributed by atoms with E-state index in [4.69, 9.17) is 0 Å². The van der Waals surface area contributed by atoms with Gasteiger partial charge in [-0.3, -0.25) is 4.79 Å². The summed E-state index contributed by atoms with van der Waals surface area (Å²) >= 11 is 0. The van der Waals surface area contributed by atoms with E-state index in [-0.39, 0.29) is 19.4 Å². The Hall–Kier alpha value is -0.690. The molecule has 15 heavy (non-hydrogen) atoms. The van der Waals surface area contributed by atoms with E-state index < -0.39 is 28.9 Å². The fraction of sp³-hybridized carbons (Fsp3) is 0.889. The quantitative estimate of drug-likeness (QED) is 0.396. The smallest absolute Gasteiger partial charge is 0.302 e. The average Bonchev–Trinajstić information content (AvgIpc) is 2.14. The van der Waals surface area contributed by atoms with Crippen molar-refractivity contribution in [2.75, 3.05) is 6.61 Å². The molecule has 86 valence electrons. The molecule has 0 saturated heterocycles. The fourth-order valence-corrected chi connectivity index (χ4v) is 2.50. The number of aliphatic hydroxyl groups is 4. The Bertz CT molecular complexity index is 318. The maximum Gasteiger partial charge on any atom is 0.302 e. The number of carbonyl (C=O) groups excluding carboxylic acids is 1. The topological polar surface area (TPSA) is 107 Å². The third kappa shape index (κ3) is 1.05. The van der Waals surface area contributed by atoms with Crippen LogP contribution in [-0.4, -0.2) is 55.9 Å². The van der Waals surface area contributed by atoms with Crippen LogP contribution in [-0.2, 0) is 9.53 Å². The van der Waals surface area contributed by atoms with Crippen molar-refractivity contribution in [3.05, 3.63) is 0 Å². The number of aliphatic hydroxyl groups excluding tert-OH is 1. The standard InChI is InChI=1S/C9H14O6/c1-5(10)15-4-7(12)3-8(13)6(11)2-9(7,8)14/h6,11-14H,2-4H2,1H3/t6?,7-,8+,9+/m0/s1. The molecule has 4 atom stereocenters. The zero-order valence-corrected chi connectivity index (χ0v) is 8.30. The minimum atomic E-state index is -1.76. The van der Waals surface area contributed by atoms with Crippen molar-refractivity contribution in [2.24, 2.45) is 0 Å². The molecule has 2 aliphatic carbocycles. The highest BCUT2D eigenvalue weighted by atomic mass is 16.5. The van der Waals surface area contributed by atoms with Gasteiger partial charge in [-0.25, -0.2) is 0 Å². The number of hydrogen-bond acceptors (Lipinski definition) is 6. The average molecular weight is 218 g/mol. The Morgan fingerprint density at radius 1 is 1.47 bits per heavy atom.